The SMILES string of the molecule is CC(OC(=O)c1c(F)cccc1Cl)C(=O)Nc1ccc(N2CCOCC2)cc1. The fourth-order valence-electron chi connectivity index (χ4n) is 2.79. The number of nitrogens with zero attached hydrogens (tertiary/aromatic N) is 1. The summed E-state index contributed by atoms with van der Waals surface area (Å²) in [5, 5.41) is 2.60. The number of hydrogen-bond donors (Lipinski definition) is 1. The van der Waals surface area contributed by atoms with Gasteiger partial charge in [-0.15, -0.1) is 0 Å². The summed E-state index contributed by atoms with van der Waals surface area (Å²) in [5.41, 5.74) is 1.21. The van der Waals surface area contributed by atoms with Crippen LogP contribution in [-0.2, 0) is 14.3 Å². The van der Waals surface area contributed by atoms with Gasteiger partial charge in [0.25, 0.3) is 5.91 Å². The van der Waals surface area contributed by atoms with Crippen molar-refractivity contribution in [2.45, 2.75) is 13.0 Å². The fraction of sp³-hybridized carbons (Fsp3) is 0.300. The zero-order chi connectivity index (χ0) is 20.1. The fourth-order valence-corrected chi connectivity index (χ4v) is 3.03. The Hall–Kier alpha value is -2.64. The van der Waals surface area contributed by atoms with Crippen LogP contribution in [0, 0.1) is 5.82 Å². The van der Waals surface area contributed by atoms with Crippen LogP contribution in [0.4, 0.5) is 15.8 Å². The highest BCUT2D eigenvalue weighted by atomic mass is 35.5. The third-order valence-corrected chi connectivity index (χ3v) is 4.65. The van der Waals surface area contributed by atoms with Gasteiger partial charge in [0.1, 0.15) is 11.4 Å². The van der Waals surface area contributed by atoms with Crippen LogP contribution in [0.1, 0.15) is 17.3 Å². The topological polar surface area (TPSA) is 67.9 Å². The minimum absolute atomic E-state index is 0.0729. The van der Waals surface area contributed by atoms with E-state index in [2.05, 4.69) is 10.2 Å². The molecule has 2 aromatic rings. The number of hydrogen-bond acceptors (Lipinski definition) is 5. The molecule has 0 radical (unpaired) electrons. The molecule has 1 unspecified atom stereocenters. The molecule has 0 bridgehead atoms. The van der Waals surface area contributed by atoms with Gasteiger partial charge in [0, 0.05) is 24.5 Å². The van der Waals surface area contributed by atoms with Crippen LogP contribution in [0.5, 0.6) is 0 Å². The Morgan fingerprint density at radius 1 is 1.18 bits per heavy atom. The summed E-state index contributed by atoms with van der Waals surface area (Å²) in [6.07, 6.45) is -1.12. The molecule has 1 fully saturated rings. The van der Waals surface area contributed by atoms with Gasteiger partial charge in [-0.3, -0.25) is 4.79 Å². The van der Waals surface area contributed by atoms with Crippen molar-refractivity contribution in [1.82, 2.24) is 0 Å². The molecule has 0 aliphatic carbocycles. The second-order valence-electron chi connectivity index (χ2n) is 6.28. The Kier molecular flexibility index (Phi) is 6.49. The van der Waals surface area contributed by atoms with Crippen LogP contribution in [0.2, 0.25) is 5.02 Å². The molecule has 1 saturated heterocycles. The molecule has 2 aromatic carbocycles. The van der Waals surface area contributed by atoms with Crippen LogP contribution in [-0.4, -0.2) is 44.3 Å². The van der Waals surface area contributed by atoms with Gasteiger partial charge in [0.05, 0.1) is 18.2 Å². The Labute approximate surface area is 167 Å². The minimum Gasteiger partial charge on any atom is -0.449 e. The van der Waals surface area contributed by atoms with Crippen molar-refractivity contribution in [3.05, 3.63) is 58.9 Å². The highest BCUT2D eigenvalue weighted by molar-refractivity contribution is 6.33. The van der Waals surface area contributed by atoms with Crippen LogP contribution in [0.25, 0.3) is 0 Å². The number of ether oxygens (including phenoxy) is 2. The van der Waals surface area contributed by atoms with Crippen LogP contribution < -0.4 is 10.2 Å². The van der Waals surface area contributed by atoms with E-state index in [9.17, 15) is 14.0 Å². The predicted molar refractivity (Wildman–Crippen MR) is 104 cm³/mol. The van der Waals surface area contributed by atoms with Gasteiger partial charge in [0.15, 0.2) is 6.10 Å². The molecular formula is C20H20ClFN2O4. The number of carbonyl (C=O) groups is 2. The predicted octanol–water partition coefficient (Wildman–Crippen LogP) is 3.50. The van der Waals surface area contributed by atoms with E-state index in [1.807, 2.05) is 12.1 Å². The Balaban J connectivity index is 1.58. The lowest BCUT2D eigenvalue weighted by atomic mass is 10.2. The van der Waals surface area contributed by atoms with E-state index in [0.29, 0.717) is 18.9 Å². The average Bonchev–Trinajstić information content (AvgIpc) is 2.69. The van der Waals surface area contributed by atoms with Crippen LogP contribution >= 0.6 is 11.6 Å². The number of rotatable bonds is 5. The molecule has 0 spiro atoms. The van der Waals surface area contributed by atoms with Crippen molar-refractivity contribution < 1.29 is 23.5 Å². The van der Waals surface area contributed by atoms with Gasteiger partial charge < -0.3 is 19.7 Å². The lowest BCUT2D eigenvalue weighted by molar-refractivity contribution is -0.123. The highest BCUT2D eigenvalue weighted by Gasteiger charge is 2.23. The summed E-state index contributed by atoms with van der Waals surface area (Å²) in [4.78, 5) is 26.6. The molecule has 1 aliphatic heterocycles. The van der Waals surface area contributed by atoms with E-state index in [1.165, 1.54) is 19.1 Å². The van der Waals surface area contributed by atoms with E-state index in [0.717, 1.165) is 24.8 Å². The van der Waals surface area contributed by atoms with E-state index < -0.39 is 29.4 Å². The summed E-state index contributed by atoms with van der Waals surface area (Å²) >= 11 is 5.84. The summed E-state index contributed by atoms with van der Waals surface area (Å²) in [5.74, 6) is -2.32. The first-order valence-corrected chi connectivity index (χ1v) is 9.22. The maximum Gasteiger partial charge on any atom is 0.343 e. The van der Waals surface area contributed by atoms with Crippen LogP contribution in [0.3, 0.4) is 0 Å². The largest absolute Gasteiger partial charge is 0.449 e. The maximum absolute atomic E-state index is 13.8. The van der Waals surface area contributed by atoms with E-state index in [-0.39, 0.29) is 5.02 Å². The first kappa shape index (κ1) is 20.1. The number of carbonyl (C=O) groups excluding carboxylic acids is 2. The number of benzene rings is 2. The molecule has 1 aliphatic rings. The number of halogens is 2. The molecule has 148 valence electrons. The molecule has 1 heterocycles. The standard InChI is InChI=1S/C20H20ClFN2O4/c1-13(28-20(26)18-16(21)3-2-4-17(18)22)19(25)23-14-5-7-15(8-6-14)24-9-11-27-12-10-24/h2-8,13H,9-12H2,1H3,(H,23,25). The van der Waals surface area contributed by atoms with Gasteiger partial charge in [-0.2, -0.15) is 0 Å². The number of morpholine rings is 1. The maximum atomic E-state index is 13.8. The third-order valence-electron chi connectivity index (χ3n) is 4.33. The third kappa shape index (κ3) is 4.79. The Morgan fingerprint density at radius 2 is 1.86 bits per heavy atom. The van der Waals surface area contributed by atoms with Gasteiger partial charge in [-0.1, -0.05) is 17.7 Å². The summed E-state index contributed by atoms with van der Waals surface area (Å²) in [6, 6.07) is 11.2. The first-order chi connectivity index (χ1) is 13.5. The van der Waals surface area contributed by atoms with Crippen molar-refractivity contribution in [2.75, 3.05) is 36.5 Å². The van der Waals surface area contributed by atoms with Gasteiger partial charge in [-0.25, -0.2) is 9.18 Å². The summed E-state index contributed by atoms with van der Waals surface area (Å²) < 4.78 is 24.2. The van der Waals surface area contributed by atoms with Crippen molar-refractivity contribution in [2.24, 2.45) is 0 Å². The molecule has 1 atom stereocenters. The zero-order valence-electron chi connectivity index (χ0n) is 15.3. The highest BCUT2D eigenvalue weighted by Crippen LogP contribution is 2.21. The van der Waals surface area contributed by atoms with Crippen molar-refractivity contribution in [3.8, 4) is 0 Å². The van der Waals surface area contributed by atoms with Crippen molar-refractivity contribution in [3.63, 3.8) is 0 Å². The van der Waals surface area contributed by atoms with Gasteiger partial charge in [-0.05, 0) is 43.3 Å². The normalized spacial score (nSPS) is 15.0. The monoisotopic (exact) mass is 406 g/mol. The molecule has 28 heavy (non-hydrogen) atoms. The smallest absolute Gasteiger partial charge is 0.343 e. The zero-order valence-corrected chi connectivity index (χ0v) is 16.0. The van der Waals surface area contributed by atoms with Gasteiger partial charge >= 0.3 is 5.97 Å². The molecule has 8 heteroatoms. The first-order valence-electron chi connectivity index (χ1n) is 8.84. The molecular weight excluding hydrogens is 387 g/mol. The van der Waals surface area contributed by atoms with Crippen molar-refractivity contribution >= 4 is 34.9 Å². The van der Waals surface area contributed by atoms with Gasteiger partial charge in [0.2, 0.25) is 0 Å². The van der Waals surface area contributed by atoms with E-state index >= 15 is 0 Å². The van der Waals surface area contributed by atoms with Crippen molar-refractivity contribution in [1.29, 1.82) is 0 Å². The molecule has 0 saturated carbocycles. The number of amides is 1. The van der Waals surface area contributed by atoms with E-state index in [1.54, 1.807) is 12.1 Å². The number of anilines is 2. The van der Waals surface area contributed by atoms with Crippen LogP contribution in [0.15, 0.2) is 42.5 Å². The molecule has 0 aromatic heterocycles. The summed E-state index contributed by atoms with van der Waals surface area (Å²) in [7, 11) is 0. The summed E-state index contributed by atoms with van der Waals surface area (Å²) in [6.45, 7) is 4.42. The lowest BCUT2D eigenvalue weighted by Gasteiger charge is -2.28. The quantitative estimate of drug-likeness (QED) is 0.770. The Bertz CT molecular complexity index is 834. The molecule has 3 rings (SSSR count). The second-order valence-corrected chi connectivity index (χ2v) is 6.69. The Morgan fingerprint density at radius 3 is 2.50 bits per heavy atom. The average molecular weight is 407 g/mol. The number of nitrogens with one attached hydrogen (secondary N) is 1. The molecule has 6 nitrogen and oxygen atoms in total. The molecule has 1 amide bonds. The second kappa shape index (κ2) is 9.03. The van der Waals surface area contributed by atoms with E-state index in [4.69, 9.17) is 21.1 Å². The molecule has 1 N–H and O–H groups in total. The number of esters is 1. The lowest BCUT2D eigenvalue weighted by Crippen LogP contribution is -2.36. The minimum atomic E-state index is -1.12.